The van der Waals surface area contributed by atoms with Crippen LogP contribution in [0.5, 0.6) is 0 Å². The highest BCUT2D eigenvalue weighted by Crippen LogP contribution is 2.35. The third kappa shape index (κ3) is 3.12. The van der Waals surface area contributed by atoms with Gasteiger partial charge < -0.3 is 0 Å². The maximum Gasteiger partial charge on any atom is 0.176 e. The van der Waals surface area contributed by atoms with Gasteiger partial charge in [-0.2, -0.15) is 11.8 Å². The SMILES string of the molecule is CCc1cccc(C(=O)C2SCCSC2CC)c1. The predicted molar refractivity (Wildman–Crippen MR) is 82.9 cm³/mol. The minimum atomic E-state index is 0.154. The summed E-state index contributed by atoms with van der Waals surface area (Å²) in [6, 6.07) is 8.13. The van der Waals surface area contributed by atoms with Crippen LogP contribution in [0, 0.1) is 0 Å². The van der Waals surface area contributed by atoms with E-state index in [0.29, 0.717) is 11.0 Å². The highest BCUT2D eigenvalue weighted by molar-refractivity contribution is 8.07. The van der Waals surface area contributed by atoms with Crippen LogP contribution in [0.3, 0.4) is 0 Å². The van der Waals surface area contributed by atoms with Crippen molar-refractivity contribution in [3.05, 3.63) is 35.4 Å². The average Bonchev–Trinajstić information content (AvgIpc) is 2.46. The predicted octanol–water partition coefficient (Wildman–Crippen LogP) is 4.06. The lowest BCUT2D eigenvalue weighted by molar-refractivity contribution is 0.0988. The summed E-state index contributed by atoms with van der Waals surface area (Å²) < 4.78 is 0. The fourth-order valence-electron chi connectivity index (χ4n) is 2.25. The van der Waals surface area contributed by atoms with E-state index in [4.69, 9.17) is 0 Å². The molecule has 1 aliphatic rings. The summed E-state index contributed by atoms with van der Waals surface area (Å²) in [5.74, 6) is 2.61. The monoisotopic (exact) mass is 280 g/mol. The highest BCUT2D eigenvalue weighted by Gasteiger charge is 2.31. The number of Topliss-reactive ketones (excluding diaryl/α,β-unsaturated/α-hetero) is 1. The van der Waals surface area contributed by atoms with Crippen LogP contribution in [0.25, 0.3) is 0 Å². The van der Waals surface area contributed by atoms with Gasteiger partial charge in [0, 0.05) is 22.3 Å². The highest BCUT2D eigenvalue weighted by atomic mass is 32.2. The molecule has 3 heteroatoms. The van der Waals surface area contributed by atoms with Crippen LogP contribution < -0.4 is 0 Å². The third-order valence-electron chi connectivity index (χ3n) is 3.33. The number of rotatable bonds is 4. The molecule has 0 spiro atoms. The Balaban J connectivity index is 2.18. The Kier molecular flexibility index (Phi) is 5.19. The van der Waals surface area contributed by atoms with E-state index >= 15 is 0 Å². The normalized spacial score (nSPS) is 23.9. The van der Waals surface area contributed by atoms with Crippen LogP contribution in [0.15, 0.2) is 24.3 Å². The van der Waals surface area contributed by atoms with Gasteiger partial charge in [0.25, 0.3) is 0 Å². The van der Waals surface area contributed by atoms with Gasteiger partial charge in [-0.3, -0.25) is 4.79 Å². The molecule has 1 aliphatic heterocycles. The Bertz CT molecular complexity index is 417. The molecule has 1 aromatic rings. The molecule has 18 heavy (non-hydrogen) atoms. The fourth-order valence-corrected chi connectivity index (χ4v) is 5.28. The van der Waals surface area contributed by atoms with Crippen molar-refractivity contribution in [2.75, 3.05) is 11.5 Å². The van der Waals surface area contributed by atoms with E-state index in [9.17, 15) is 4.79 Å². The Morgan fingerprint density at radius 2 is 2.06 bits per heavy atom. The minimum absolute atomic E-state index is 0.154. The minimum Gasteiger partial charge on any atom is -0.293 e. The Hall–Kier alpha value is -0.410. The number of aryl methyl sites for hydroxylation is 1. The van der Waals surface area contributed by atoms with Crippen molar-refractivity contribution < 1.29 is 4.79 Å². The van der Waals surface area contributed by atoms with Crippen LogP contribution >= 0.6 is 23.5 Å². The third-order valence-corrected chi connectivity index (χ3v) is 6.58. The van der Waals surface area contributed by atoms with E-state index in [1.54, 1.807) is 0 Å². The summed E-state index contributed by atoms with van der Waals surface area (Å²) in [6.45, 7) is 4.32. The van der Waals surface area contributed by atoms with E-state index in [2.05, 4.69) is 26.0 Å². The number of hydrogen-bond acceptors (Lipinski definition) is 3. The molecule has 1 fully saturated rings. The Morgan fingerprint density at radius 1 is 1.28 bits per heavy atom. The molecule has 1 heterocycles. The summed E-state index contributed by atoms with van der Waals surface area (Å²) in [5.41, 5.74) is 2.15. The molecule has 0 aliphatic carbocycles. The van der Waals surface area contributed by atoms with Crippen molar-refractivity contribution in [2.24, 2.45) is 0 Å². The summed E-state index contributed by atoms with van der Waals surface area (Å²) in [7, 11) is 0. The first-order chi connectivity index (χ1) is 8.76. The number of thioether (sulfide) groups is 2. The lowest BCUT2D eigenvalue weighted by atomic mass is 10.0. The van der Waals surface area contributed by atoms with E-state index < -0.39 is 0 Å². The van der Waals surface area contributed by atoms with Gasteiger partial charge in [0.2, 0.25) is 0 Å². The lowest BCUT2D eigenvalue weighted by Gasteiger charge is -2.28. The first kappa shape index (κ1) is 14.0. The molecular weight excluding hydrogens is 260 g/mol. The molecular formula is C15H20OS2. The van der Waals surface area contributed by atoms with Gasteiger partial charge in [-0.1, -0.05) is 32.0 Å². The molecule has 0 amide bonds. The zero-order chi connectivity index (χ0) is 13.0. The van der Waals surface area contributed by atoms with E-state index in [1.165, 1.54) is 11.3 Å². The topological polar surface area (TPSA) is 17.1 Å². The number of ketones is 1. The van der Waals surface area contributed by atoms with Crippen molar-refractivity contribution in [1.29, 1.82) is 0 Å². The molecule has 2 atom stereocenters. The quantitative estimate of drug-likeness (QED) is 0.774. The van der Waals surface area contributed by atoms with Gasteiger partial charge in [-0.05, 0) is 24.5 Å². The maximum atomic E-state index is 12.6. The molecule has 0 saturated carbocycles. The smallest absolute Gasteiger partial charge is 0.176 e. The second-order valence-corrected chi connectivity index (χ2v) is 7.12. The van der Waals surface area contributed by atoms with Crippen LogP contribution in [0.1, 0.15) is 36.2 Å². The van der Waals surface area contributed by atoms with Crippen molar-refractivity contribution in [1.82, 2.24) is 0 Å². The number of carbonyl (C=O) groups excluding carboxylic acids is 1. The Morgan fingerprint density at radius 3 is 2.78 bits per heavy atom. The molecule has 2 unspecified atom stereocenters. The van der Waals surface area contributed by atoms with Gasteiger partial charge in [-0.25, -0.2) is 0 Å². The fraction of sp³-hybridized carbons (Fsp3) is 0.533. The van der Waals surface area contributed by atoms with Crippen LogP contribution in [-0.4, -0.2) is 27.8 Å². The molecule has 0 bridgehead atoms. The van der Waals surface area contributed by atoms with Crippen LogP contribution in [0.4, 0.5) is 0 Å². The van der Waals surface area contributed by atoms with Crippen LogP contribution in [-0.2, 0) is 6.42 Å². The zero-order valence-corrected chi connectivity index (χ0v) is 12.7. The first-order valence-corrected chi connectivity index (χ1v) is 8.72. The van der Waals surface area contributed by atoms with Gasteiger partial charge >= 0.3 is 0 Å². The summed E-state index contributed by atoms with van der Waals surface area (Å²) in [5, 5.41) is 0.641. The molecule has 1 saturated heterocycles. The van der Waals surface area contributed by atoms with Crippen molar-refractivity contribution in [2.45, 2.75) is 37.2 Å². The van der Waals surface area contributed by atoms with Crippen molar-refractivity contribution in [3.63, 3.8) is 0 Å². The molecule has 0 aromatic heterocycles. The summed E-state index contributed by atoms with van der Waals surface area (Å²) in [6.07, 6.45) is 2.08. The second kappa shape index (κ2) is 6.67. The first-order valence-electron chi connectivity index (χ1n) is 6.62. The van der Waals surface area contributed by atoms with Gasteiger partial charge in [0.1, 0.15) is 0 Å². The van der Waals surface area contributed by atoms with Gasteiger partial charge in [0.15, 0.2) is 5.78 Å². The summed E-state index contributed by atoms with van der Waals surface area (Å²) in [4.78, 5) is 12.6. The average molecular weight is 280 g/mol. The lowest BCUT2D eigenvalue weighted by Crippen LogP contribution is -2.32. The van der Waals surface area contributed by atoms with Gasteiger partial charge in [0.05, 0.1) is 5.25 Å². The van der Waals surface area contributed by atoms with Crippen molar-refractivity contribution >= 4 is 29.3 Å². The number of hydrogen-bond donors (Lipinski definition) is 0. The molecule has 0 N–H and O–H groups in total. The number of benzene rings is 1. The van der Waals surface area contributed by atoms with Gasteiger partial charge in [-0.15, -0.1) is 11.8 Å². The molecule has 0 radical (unpaired) electrons. The summed E-state index contributed by atoms with van der Waals surface area (Å²) >= 11 is 3.80. The van der Waals surface area contributed by atoms with E-state index in [-0.39, 0.29) is 5.25 Å². The molecule has 1 nitrogen and oxygen atoms in total. The maximum absolute atomic E-state index is 12.6. The second-order valence-electron chi connectivity index (χ2n) is 4.53. The molecule has 98 valence electrons. The Labute approximate surface area is 118 Å². The number of carbonyl (C=O) groups is 1. The molecule has 1 aromatic carbocycles. The van der Waals surface area contributed by atoms with Crippen molar-refractivity contribution in [3.8, 4) is 0 Å². The zero-order valence-electron chi connectivity index (χ0n) is 11.0. The molecule has 2 rings (SSSR count). The standard InChI is InChI=1S/C15H20OS2/c1-3-11-6-5-7-12(10-11)14(16)15-13(4-2)17-8-9-18-15/h5-7,10,13,15H,3-4,8-9H2,1-2H3. The van der Waals surface area contributed by atoms with Crippen LogP contribution in [0.2, 0.25) is 0 Å². The largest absolute Gasteiger partial charge is 0.293 e. The van der Waals surface area contributed by atoms with E-state index in [0.717, 1.165) is 24.2 Å². The van der Waals surface area contributed by atoms with E-state index in [1.807, 2.05) is 35.7 Å².